The Hall–Kier alpha value is -2.76. The predicted molar refractivity (Wildman–Crippen MR) is 101 cm³/mol. The molecular weight excluding hydrogens is 314 g/mol. The number of carbonyl (C=O) groups excluding carboxylic acids is 1. The summed E-state index contributed by atoms with van der Waals surface area (Å²) in [6.07, 6.45) is 5.01. The monoisotopic (exact) mass is 339 g/mol. The normalized spacial score (nSPS) is 11.0. The zero-order chi connectivity index (χ0) is 18.0. The van der Waals surface area contributed by atoms with Crippen molar-refractivity contribution in [2.45, 2.75) is 26.3 Å². The molecular formula is C19H25N5O. The van der Waals surface area contributed by atoms with Crippen LogP contribution in [0.15, 0.2) is 30.6 Å². The van der Waals surface area contributed by atoms with Crippen molar-refractivity contribution in [2.75, 3.05) is 19.0 Å². The molecule has 0 aliphatic rings. The van der Waals surface area contributed by atoms with Gasteiger partial charge in [0.15, 0.2) is 0 Å². The van der Waals surface area contributed by atoms with Gasteiger partial charge in [-0.1, -0.05) is 18.2 Å². The standard InChI is InChI=1S/C19H25N5O/c1-13-6-5-7-16-14(10-21-18(13)16)8-9-17(25)20-11-15-12-22-19(23(2)3)24(15)4/h5-7,10,12,21H,8-9,11H2,1-4H3,(H,20,25). The van der Waals surface area contributed by atoms with Gasteiger partial charge >= 0.3 is 0 Å². The zero-order valence-electron chi connectivity index (χ0n) is 15.3. The van der Waals surface area contributed by atoms with Gasteiger partial charge < -0.3 is 19.8 Å². The number of aromatic nitrogens is 3. The molecule has 3 aromatic rings. The SMILES string of the molecule is Cc1cccc2c(CCC(=O)NCc3cnc(N(C)C)n3C)c[nH]c12. The lowest BCUT2D eigenvalue weighted by atomic mass is 10.1. The molecule has 1 amide bonds. The fraction of sp³-hybridized carbons (Fsp3) is 0.368. The van der Waals surface area contributed by atoms with Gasteiger partial charge in [-0.15, -0.1) is 0 Å². The van der Waals surface area contributed by atoms with Gasteiger partial charge in [-0.05, 0) is 24.5 Å². The third-order valence-electron chi connectivity index (χ3n) is 4.56. The van der Waals surface area contributed by atoms with Crippen LogP contribution in [-0.2, 0) is 24.8 Å². The van der Waals surface area contributed by atoms with E-state index in [1.165, 1.54) is 16.5 Å². The number of nitrogens with zero attached hydrogens (tertiary/aromatic N) is 3. The maximum Gasteiger partial charge on any atom is 0.220 e. The van der Waals surface area contributed by atoms with Gasteiger partial charge in [0.1, 0.15) is 0 Å². The summed E-state index contributed by atoms with van der Waals surface area (Å²) in [6.45, 7) is 2.58. The number of carbonyl (C=O) groups is 1. The van der Waals surface area contributed by atoms with Crippen LogP contribution in [0.4, 0.5) is 5.95 Å². The van der Waals surface area contributed by atoms with Crippen LogP contribution >= 0.6 is 0 Å². The smallest absolute Gasteiger partial charge is 0.220 e. The average Bonchev–Trinajstić information content (AvgIpc) is 3.15. The number of aromatic amines is 1. The van der Waals surface area contributed by atoms with E-state index in [1.807, 2.05) is 36.8 Å². The summed E-state index contributed by atoms with van der Waals surface area (Å²) in [5.74, 6) is 0.924. The van der Waals surface area contributed by atoms with Crippen LogP contribution in [-0.4, -0.2) is 34.5 Å². The third-order valence-corrected chi connectivity index (χ3v) is 4.56. The van der Waals surface area contributed by atoms with E-state index in [1.54, 1.807) is 6.20 Å². The molecule has 0 saturated carbocycles. The van der Waals surface area contributed by atoms with E-state index in [-0.39, 0.29) is 5.91 Å². The molecule has 0 bridgehead atoms. The molecule has 2 aromatic heterocycles. The van der Waals surface area contributed by atoms with E-state index < -0.39 is 0 Å². The molecule has 25 heavy (non-hydrogen) atoms. The molecule has 1 aromatic carbocycles. The van der Waals surface area contributed by atoms with Gasteiger partial charge in [-0.2, -0.15) is 0 Å². The molecule has 0 saturated heterocycles. The molecule has 132 valence electrons. The summed E-state index contributed by atoms with van der Waals surface area (Å²) in [5.41, 5.74) is 4.55. The second-order valence-electron chi connectivity index (χ2n) is 6.59. The first kappa shape index (κ1) is 17.1. The van der Waals surface area contributed by atoms with Crippen molar-refractivity contribution in [1.29, 1.82) is 0 Å². The second kappa shape index (κ2) is 7.01. The van der Waals surface area contributed by atoms with Crippen molar-refractivity contribution < 1.29 is 4.79 Å². The van der Waals surface area contributed by atoms with Crippen LogP contribution in [0.2, 0.25) is 0 Å². The highest BCUT2D eigenvalue weighted by atomic mass is 16.1. The quantitative estimate of drug-likeness (QED) is 0.725. The van der Waals surface area contributed by atoms with Crippen molar-refractivity contribution in [3.8, 4) is 0 Å². The second-order valence-corrected chi connectivity index (χ2v) is 6.59. The highest BCUT2D eigenvalue weighted by Crippen LogP contribution is 2.22. The molecule has 0 unspecified atom stereocenters. The molecule has 0 fully saturated rings. The highest BCUT2D eigenvalue weighted by Gasteiger charge is 2.11. The number of fused-ring (bicyclic) bond motifs is 1. The molecule has 2 N–H and O–H groups in total. The van der Waals surface area contributed by atoms with Crippen molar-refractivity contribution in [1.82, 2.24) is 19.9 Å². The first-order valence-electron chi connectivity index (χ1n) is 8.47. The van der Waals surface area contributed by atoms with E-state index in [4.69, 9.17) is 0 Å². The minimum atomic E-state index is 0.0506. The van der Waals surface area contributed by atoms with Crippen LogP contribution in [0, 0.1) is 6.92 Å². The van der Waals surface area contributed by atoms with Crippen molar-refractivity contribution in [3.05, 3.63) is 47.4 Å². The molecule has 3 rings (SSSR count). The number of anilines is 1. The topological polar surface area (TPSA) is 66.0 Å². The summed E-state index contributed by atoms with van der Waals surface area (Å²) in [5, 5.41) is 4.19. The number of hydrogen-bond acceptors (Lipinski definition) is 3. The van der Waals surface area contributed by atoms with Gasteiger partial charge in [0.2, 0.25) is 11.9 Å². The zero-order valence-corrected chi connectivity index (χ0v) is 15.3. The number of aryl methyl sites for hydroxylation is 2. The Labute approximate surface area is 147 Å². The van der Waals surface area contributed by atoms with E-state index in [9.17, 15) is 4.79 Å². The highest BCUT2D eigenvalue weighted by molar-refractivity contribution is 5.86. The summed E-state index contributed by atoms with van der Waals surface area (Å²) >= 11 is 0. The van der Waals surface area contributed by atoms with E-state index in [2.05, 4.69) is 40.4 Å². The van der Waals surface area contributed by atoms with Gasteiger partial charge in [0, 0.05) is 44.7 Å². The van der Waals surface area contributed by atoms with E-state index in [0.717, 1.165) is 23.6 Å². The van der Waals surface area contributed by atoms with Crippen molar-refractivity contribution in [2.24, 2.45) is 7.05 Å². The fourth-order valence-electron chi connectivity index (χ4n) is 3.11. The van der Waals surface area contributed by atoms with Gasteiger partial charge in [-0.25, -0.2) is 4.98 Å². The maximum absolute atomic E-state index is 12.2. The number of para-hydroxylation sites is 1. The number of H-pyrrole nitrogens is 1. The minimum Gasteiger partial charge on any atom is -0.361 e. The van der Waals surface area contributed by atoms with Gasteiger partial charge in [0.05, 0.1) is 18.4 Å². The lowest BCUT2D eigenvalue weighted by Crippen LogP contribution is -2.24. The largest absolute Gasteiger partial charge is 0.361 e. The predicted octanol–water partition coefficient (Wildman–Crippen LogP) is 2.52. The Kier molecular flexibility index (Phi) is 4.79. The van der Waals surface area contributed by atoms with Crippen LogP contribution < -0.4 is 10.2 Å². The molecule has 2 heterocycles. The number of imidazole rings is 1. The average molecular weight is 339 g/mol. The van der Waals surface area contributed by atoms with Crippen LogP contribution in [0.3, 0.4) is 0 Å². The first-order valence-corrected chi connectivity index (χ1v) is 8.47. The molecule has 0 spiro atoms. The number of amides is 1. The maximum atomic E-state index is 12.2. The Bertz CT molecular complexity index is 890. The number of benzene rings is 1. The molecule has 0 atom stereocenters. The lowest BCUT2D eigenvalue weighted by Gasteiger charge is -2.12. The Balaban J connectivity index is 1.57. The Morgan fingerprint density at radius 2 is 2.16 bits per heavy atom. The summed E-state index contributed by atoms with van der Waals surface area (Å²) in [4.78, 5) is 21.8. The fourth-order valence-corrected chi connectivity index (χ4v) is 3.11. The summed E-state index contributed by atoms with van der Waals surface area (Å²) < 4.78 is 1.99. The summed E-state index contributed by atoms with van der Waals surface area (Å²) in [6, 6.07) is 6.25. The lowest BCUT2D eigenvalue weighted by molar-refractivity contribution is -0.121. The van der Waals surface area contributed by atoms with Crippen LogP contribution in [0.1, 0.15) is 23.2 Å². The number of nitrogens with one attached hydrogen (secondary N) is 2. The van der Waals surface area contributed by atoms with Crippen LogP contribution in [0.5, 0.6) is 0 Å². The van der Waals surface area contributed by atoms with E-state index >= 15 is 0 Å². The van der Waals surface area contributed by atoms with Crippen molar-refractivity contribution >= 4 is 22.8 Å². The third kappa shape index (κ3) is 3.52. The Morgan fingerprint density at radius 1 is 1.36 bits per heavy atom. The molecule has 6 nitrogen and oxygen atoms in total. The first-order chi connectivity index (χ1) is 12.0. The number of hydrogen-bond donors (Lipinski definition) is 2. The molecule has 0 aliphatic heterocycles. The van der Waals surface area contributed by atoms with Gasteiger partial charge in [0.25, 0.3) is 0 Å². The summed E-state index contributed by atoms with van der Waals surface area (Å²) in [7, 11) is 5.86. The van der Waals surface area contributed by atoms with Gasteiger partial charge in [-0.3, -0.25) is 4.79 Å². The van der Waals surface area contributed by atoms with Crippen LogP contribution in [0.25, 0.3) is 10.9 Å². The molecule has 6 heteroatoms. The number of rotatable bonds is 6. The Morgan fingerprint density at radius 3 is 2.88 bits per heavy atom. The van der Waals surface area contributed by atoms with Crippen molar-refractivity contribution in [3.63, 3.8) is 0 Å². The molecule has 0 aliphatic carbocycles. The molecule has 0 radical (unpaired) electrons. The van der Waals surface area contributed by atoms with E-state index in [0.29, 0.717) is 13.0 Å². The minimum absolute atomic E-state index is 0.0506.